The Bertz CT molecular complexity index is 1770. The number of pyridine rings is 1. The first kappa shape index (κ1) is 37.3. The summed E-state index contributed by atoms with van der Waals surface area (Å²) in [6.07, 6.45) is 14.4. The van der Waals surface area contributed by atoms with Crippen molar-refractivity contribution in [2.45, 2.75) is 52.4 Å². The standard InChI is InChI=1S/C45H45NO6/c1-3-5-7-32-49-40-28-18-36(19-29-40)44(47)51-42-24-14-34(15-25-42)12-22-38-10-9-11-39(46-38)23-13-35-16-26-43(27-17-35)52-45(48)37-20-30-41(31-21-37)50-33-8-6-4-2/h9-31H,3-8,32-33H2,1-2H3/b22-12+,23-13+. The van der Waals surface area contributed by atoms with E-state index in [0.717, 1.165) is 72.5 Å². The molecule has 266 valence electrons. The lowest BCUT2D eigenvalue weighted by Crippen LogP contribution is -2.08. The number of hydrogen-bond donors (Lipinski definition) is 0. The topological polar surface area (TPSA) is 84.0 Å². The van der Waals surface area contributed by atoms with E-state index in [-0.39, 0.29) is 0 Å². The zero-order valence-electron chi connectivity index (χ0n) is 29.8. The van der Waals surface area contributed by atoms with Gasteiger partial charge in [-0.2, -0.15) is 0 Å². The van der Waals surface area contributed by atoms with Gasteiger partial charge in [0.2, 0.25) is 0 Å². The van der Waals surface area contributed by atoms with Gasteiger partial charge in [-0.05, 0) is 121 Å². The molecule has 0 spiro atoms. The molecule has 0 saturated heterocycles. The van der Waals surface area contributed by atoms with Gasteiger partial charge >= 0.3 is 11.9 Å². The van der Waals surface area contributed by atoms with Crippen molar-refractivity contribution < 1.29 is 28.5 Å². The van der Waals surface area contributed by atoms with Crippen molar-refractivity contribution in [1.29, 1.82) is 0 Å². The van der Waals surface area contributed by atoms with Gasteiger partial charge in [-0.3, -0.25) is 0 Å². The van der Waals surface area contributed by atoms with Crippen LogP contribution < -0.4 is 18.9 Å². The minimum atomic E-state index is -0.421. The molecule has 1 heterocycles. The molecule has 5 rings (SSSR count). The molecule has 0 N–H and O–H groups in total. The van der Waals surface area contributed by atoms with E-state index in [1.54, 1.807) is 72.8 Å². The highest BCUT2D eigenvalue weighted by Crippen LogP contribution is 2.20. The highest BCUT2D eigenvalue weighted by molar-refractivity contribution is 5.91. The molecule has 5 aromatic rings. The maximum atomic E-state index is 12.6. The van der Waals surface area contributed by atoms with Crippen LogP contribution in [0, 0.1) is 0 Å². The van der Waals surface area contributed by atoms with Crippen molar-refractivity contribution in [3.8, 4) is 23.0 Å². The Morgan fingerprint density at radius 3 is 1.25 bits per heavy atom. The largest absolute Gasteiger partial charge is 0.494 e. The third kappa shape index (κ3) is 12.1. The molecule has 4 aromatic carbocycles. The molecule has 1 aromatic heterocycles. The van der Waals surface area contributed by atoms with Gasteiger partial charge in [0.25, 0.3) is 0 Å². The third-order valence-electron chi connectivity index (χ3n) is 8.08. The lowest BCUT2D eigenvalue weighted by atomic mass is 10.1. The first-order chi connectivity index (χ1) is 25.5. The van der Waals surface area contributed by atoms with Crippen LogP contribution in [0.3, 0.4) is 0 Å². The van der Waals surface area contributed by atoms with E-state index in [2.05, 4.69) is 13.8 Å². The molecule has 0 aliphatic carbocycles. The fourth-order valence-corrected chi connectivity index (χ4v) is 5.10. The highest BCUT2D eigenvalue weighted by Gasteiger charge is 2.10. The molecule has 0 saturated carbocycles. The summed E-state index contributed by atoms with van der Waals surface area (Å²) in [6.45, 7) is 5.65. The maximum absolute atomic E-state index is 12.6. The highest BCUT2D eigenvalue weighted by atomic mass is 16.5. The fraction of sp³-hybridized carbons (Fsp3) is 0.222. The predicted molar refractivity (Wildman–Crippen MR) is 208 cm³/mol. The van der Waals surface area contributed by atoms with Crippen molar-refractivity contribution in [1.82, 2.24) is 4.98 Å². The third-order valence-corrected chi connectivity index (χ3v) is 8.08. The van der Waals surface area contributed by atoms with Crippen LogP contribution in [-0.4, -0.2) is 30.1 Å². The van der Waals surface area contributed by atoms with Crippen molar-refractivity contribution in [3.63, 3.8) is 0 Å². The van der Waals surface area contributed by atoms with E-state index in [0.29, 0.717) is 35.8 Å². The second kappa shape index (κ2) is 20.0. The van der Waals surface area contributed by atoms with Gasteiger partial charge in [0.1, 0.15) is 23.0 Å². The Hall–Kier alpha value is -5.95. The van der Waals surface area contributed by atoms with Crippen LogP contribution in [0.15, 0.2) is 115 Å². The quantitative estimate of drug-likeness (QED) is 0.0512. The molecule has 7 nitrogen and oxygen atoms in total. The Kier molecular flexibility index (Phi) is 14.4. The summed E-state index contributed by atoms with van der Waals surface area (Å²) >= 11 is 0. The summed E-state index contributed by atoms with van der Waals surface area (Å²) in [5.41, 5.74) is 4.41. The SMILES string of the molecule is CCCCCOc1ccc(C(=O)Oc2ccc(/C=C/c3cccc(/C=C/c4ccc(OC(=O)c5ccc(OCCCCC)cc5)cc4)n3)cc2)cc1. The molecule has 0 aliphatic rings. The monoisotopic (exact) mass is 695 g/mol. The second-order valence-electron chi connectivity index (χ2n) is 12.2. The number of carbonyl (C=O) groups excluding carboxylic acids is 2. The molecule has 0 amide bonds. The molecule has 0 atom stereocenters. The van der Waals surface area contributed by atoms with Gasteiger partial charge in [0.15, 0.2) is 0 Å². The number of nitrogens with zero attached hydrogens (tertiary/aromatic N) is 1. The number of unbranched alkanes of at least 4 members (excludes halogenated alkanes) is 4. The lowest BCUT2D eigenvalue weighted by molar-refractivity contribution is 0.0725. The molecular formula is C45H45NO6. The summed E-state index contributed by atoms with van der Waals surface area (Å²) in [4.78, 5) is 30.0. The van der Waals surface area contributed by atoms with E-state index >= 15 is 0 Å². The van der Waals surface area contributed by atoms with E-state index in [9.17, 15) is 9.59 Å². The van der Waals surface area contributed by atoms with Gasteiger partial charge in [0.05, 0.1) is 35.7 Å². The molecule has 7 heteroatoms. The van der Waals surface area contributed by atoms with E-state index < -0.39 is 11.9 Å². The van der Waals surface area contributed by atoms with Crippen LogP contribution in [0.2, 0.25) is 0 Å². The average Bonchev–Trinajstić information content (AvgIpc) is 3.18. The summed E-state index contributed by atoms with van der Waals surface area (Å²) in [5, 5.41) is 0. The minimum absolute atomic E-state index is 0.421. The smallest absolute Gasteiger partial charge is 0.343 e. The van der Waals surface area contributed by atoms with Gasteiger partial charge in [0, 0.05) is 0 Å². The number of ether oxygens (including phenoxy) is 4. The lowest BCUT2D eigenvalue weighted by Gasteiger charge is -2.07. The molecular weight excluding hydrogens is 650 g/mol. The number of benzene rings is 4. The van der Waals surface area contributed by atoms with Crippen LogP contribution in [0.1, 0.15) is 95.6 Å². The zero-order chi connectivity index (χ0) is 36.4. The van der Waals surface area contributed by atoms with Crippen LogP contribution in [0.5, 0.6) is 23.0 Å². The Morgan fingerprint density at radius 2 is 0.865 bits per heavy atom. The molecule has 0 fully saturated rings. The Balaban J connectivity index is 1.08. The van der Waals surface area contributed by atoms with Crippen molar-refractivity contribution in [2.75, 3.05) is 13.2 Å². The van der Waals surface area contributed by atoms with E-state index in [4.69, 9.17) is 23.9 Å². The number of esters is 2. The van der Waals surface area contributed by atoms with Gasteiger partial charge < -0.3 is 18.9 Å². The van der Waals surface area contributed by atoms with Crippen LogP contribution in [0.25, 0.3) is 24.3 Å². The van der Waals surface area contributed by atoms with Crippen LogP contribution in [-0.2, 0) is 0 Å². The summed E-state index contributed by atoms with van der Waals surface area (Å²) < 4.78 is 22.6. The number of rotatable bonds is 18. The maximum Gasteiger partial charge on any atom is 0.343 e. The van der Waals surface area contributed by atoms with E-state index in [1.807, 2.05) is 66.8 Å². The molecule has 0 radical (unpaired) electrons. The van der Waals surface area contributed by atoms with Crippen LogP contribution in [0.4, 0.5) is 0 Å². The normalized spacial score (nSPS) is 11.1. The first-order valence-corrected chi connectivity index (χ1v) is 17.9. The summed E-state index contributed by atoms with van der Waals surface area (Å²) in [6, 6.07) is 34.5. The molecule has 0 aliphatic heterocycles. The number of aromatic nitrogens is 1. The van der Waals surface area contributed by atoms with Gasteiger partial charge in [-0.1, -0.05) is 82.0 Å². The fourth-order valence-electron chi connectivity index (χ4n) is 5.10. The molecule has 0 bridgehead atoms. The summed E-state index contributed by atoms with van der Waals surface area (Å²) in [5.74, 6) is 1.58. The average molecular weight is 696 g/mol. The van der Waals surface area contributed by atoms with E-state index in [1.165, 1.54) is 0 Å². The Morgan fingerprint density at radius 1 is 0.481 bits per heavy atom. The molecule has 0 unspecified atom stereocenters. The van der Waals surface area contributed by atoms with Crippen molar-refractivity contribution in [3.05, 3.63) is 149 Å². The number of hydrogen-bond acceptors (Lipinski definition) is 7. The predicted octanol–water partition coefficient (Wildman–Crippen LogP) is 11.0. The minimum Gasteiger partial charge on any atom is -0.494 e. The van der Waals surface area contributed by atoms with Crippen LogP contribution >= 0.6 is 0 Å². The molecule has 52 heavy (non-hydrogen) atoms. The zero-order valence-corrected chi connectivity index (χ0v) is 29.8. The van der Waals surface area contributed by atoms with Crippen molar-refractivity contribution in [2.24, 2.45) is 0 Å². The van der Waals surface area contributed by atoms with Gasteiger partial charge in [-0.25, -0.2) is 14.6 Å². The number of carbonyl (C=O) groups is 2. The van der Waals surface area contributed by atoms with Crippen molar-refractivity contribution >= 4 is 36.2 Å². The van der Waals surface area contributed by atoms with Gasteiger partial charge in [-0.15, -0.1) is 0 Å². The first-order valence-electron chi connectivity index (χ1n) is 17.9. The Labute approximate surface area is 306 Å². The second-order valence-corrected chi connectivity index (χ2v) is 12.2. The summed E-state index contributed by atoms with van der Waals surface area (Å²) in [7, 11) is 0.